The molecule has 3 rings (SSSR count). The van der Waals surface area contributed by atoms with Crippen molar-refractivity contribution in [2.75, 3.05) is 36.4 Å². The lowest BCUT2D eigenvalue weighted by atomic mass is 10.3. The molecule has 2 aromatic heterocycles. The molecule has 21 heavy (non-hydrogen) atoms. The van der Waals surface area contributed by atoms with Crippen molar-refractivity contribution in [3.63, 3.8) is 0 Å². The molecule has 0 bridgehead atoms. The van der Waals surface area contributed by atoms with Crippen molar-refractivity contribution in [2.45, 2.75) is 6.92 Å². The summed E-state index contributed by atoms with van der Waals surface area (Å²) in [4.78, 5) is 24.6. The number of hydrogen-bond donors (Lipinski definition) is 1. The molecule has 0 unspecified atom stereocenters. The highest BCUT2D eigenvalue weighted by molar-refractivity contribution is 7.08. The highest BCUT2D eigenvalue weighted by atomic mass is 32.1. The Labute approximate surface area is 127 Å². The van der Waals surface area contributed by atoms with Gasteiger partial charge in [-0.25, -0.2) is 9.78 Å². The number of piperazine rings is 1. The van der Waals surface area contributed by atoms with Gasteiger partial charge in [0.05, 0.1) is 11.9 Å². The van der Waals surface area contributed by atoms with Crippen molar-refractivity contribution in [3.05, 3.63) is 34.9 Å². The highest BCUT2D eigenvalue weighted by Gasteiger charge is 2.22. The van der Waals surface area contributed by atoms with Crippen LogP contribution in [0.2, 0.25) is 0 Å². The maximum absolute atomic E-state index is 12.2. The number of thiophene rings is 1. The lowest BCUT2D eigenvalue weighted by molar-refractivity contribution is 0.208. The first-order chi connectivity index (χ1) is 10.2. The number of aryl methyl sites for hydroxylation is 1. The molecule has 2 aromatic rings. The van der Waals surface area contributed by atoms with Crippen LogP contribution in [0, 0.1) is 6.92 Å². The van der Waals surface area contributed by atoms with Crippen molar-refractivity contribution in [1.82, 2.24) is 14.9 Å². The minimum Gasteiger partial charge on any atom is -0.352 e. The van der Waals surface area contributed by atoms with Crippen molar-refractivity contribution in [1.29, 1.82) is 0 Å². The smallest absolute Gasteiger partial charge is 0.321 e. The van der Waals surface area contributed by atoms with Gasteiger partial charge >= 0.3 is 6.03 Å². The molecule has 0 atom stereocenters. The van der Waals surface area contributed by atoms with Crippen molar-refractivity contribution in [3.8, 4) is 0 Å². The molecule has 0 aromatic carbocycles. The molecule has 6 nitrogen and oxygen atoms in total. The van der Waals surface area contributed by atoms with E-state index in [-0.39, 0.29) is 6.03 Å². The van der Waals surface area contributed by atoms with Crippen LogP contribution in [0.5, 0.6) is 0 Å². The van der Waals surface area contributed by atoms with E-state index in [4.69, 9.17) is 0 Å². The van der Waals surface area contributed by atoms with Crippen molar-refractivity contribution in [2.24, 2.45) is 0 Å². The predicted molar refractivity (Wildman–Crippen MR) is 83.9 cm³/mol. The number of hydrogen-bond acceptors (Lipinski definition) is 5. The van der Waals surface area contributed by atoms with E-state index in [1.54, 1.807) is 29.9 Å². The molecule has 1 aliphatic rings. The molecule has 0 saturated carbocycles. The number of rotatable bonds is 2. The van der Waals surface area contributed by atoms with Crippen molar-refractivity contribution < 1.29 is 4.79 Å². The summed E-state index contributed by atoms with van der Waals surface area (Å²) >= 11 is 1.60. The number of nitrogens with zero attached hydrogens (tertiary/aromatic N) is 4. The molecule has 1 saturated heterocycles. The summed E-state index contributed by atoms with van der Waals surface area (Å²) in [6.07, 6.45) is 5.11. The summed E-state index contributed by atoms with van der Waals surface area (Å²) in [7, 11) is 0. The zero-order valence-corrected chi connectivity index (χ0v) is 12.6. The van der Waals surface area contributed by atoms with Gasteiger partial charge in [-0.3, -0.25) is 4.98 Å². The van der Waals surface area contributed by atoms with Crippen LogP contribution in [0.4, 0.5) is 16.3 Å². The molecule has 0 aliphatic carbocycles. The van der Waals surface area contributed by atoms with Crippen LogP contribution in [0.25, 0.3) is 0 Å². The Morgan fingerprint density at radius 3 is 2.67 bits per heavy atom. The van der Waals surface area contributed by atoms with Gasteiger partial charge in [0, 0.05) is 44.0 Å². The van der Waals surface area contributed by atoms with Crippen LogP contribution >= 0.6 is 11.3 Å². The lowest BCUT2D eigenvalue weighted by Gasteiger charge is -2.35. The molecule has 0 radical (unpaired) electrons. The minimum atomic E-state index is -0.0321. The van der Waals surface area contributed by atoms with E-state index < -0.39 is 0 Å². The molecule has 2 amide bonds. The van der Waals surface area contributed by atoms with Crippen LogP contribution < -0.4 is 10.2 Å². The molecule has 3 heterocycles. The van der Waals surface area contributed by atoms with Gasteiger partial charge in [0.1, 0.15) is 5.82 Å². The number of amides is 2. The minimum absolute atomic E-state index is 0.0321. The number of carbonyl (C=O) groups is 1. The second-order valence-corrected chi connectivity index (χ2v) is 5.68. The van der Waals surface area contributed by atoms with E-state index in [9.17, 15) is 4.79 Å². The zero-order valence-electron chi connectivity index (χ0n) is 11.8. The maximum atomic E-state index is 12.2. The van der Waals surface area contributed by atoms with E-state index in [1.807, 2.05) is 22.6 Å². The summed E-state index contributed by atoms with van der Waals surface area (Å²) in [5, 5.41) is 6.96. The fourth-order valence-electron chi connectivity index (χ4n) is 2.28. The topological polar surface area (TPSA) is 61.4 Å². The second-order valence-electron chi connectivity index (χ2n) is 4.94. The number of carbonyl (C=O) groups excluding carboxylic acids is 1. The van der Waals surface area contributed by atoms with E-state index in [0.717, 1.165) is 30.2 Å². The highest BCUT2D eigenvalue weighted by Crippen LogP contribution is 2.20. The Kier molecular flexibility index (Phi) is 4.01. The third kappa shape index (κ3) is 3.13. The summed E-state index contributed by atoms with van der Waals surface area (Å²) < 4.78 is 0. The van der Waals surface area contributed by atoms with Gasteiger partial charge in [0.15, 0.2) is 0 Å². The average molecular weight is 303 g/mol. The number of aromatic nitrogens is 2. The van der Waals surface area contributed by atoms with Gasteiger partial charge in [-0.1, -0.05) is 0 Å². The molecule has 0 spiro atoms. The first kappa shape index (κ1) is 13.8. The third-order valence-electron chi connectivity index (χ3n) is 3.54. The van der Waals surface area contributed by atoms with E-state index in [2.05, 4.69) is 20.2 Å². The Morgan fingerprint density at radius 2 is 2.05 bits per heavy atom. The van der Waals surface area contributed by atoms with Gasteiger partial charge in [-0.2, -0.15) is 0 Å². The molecule has 1 N–H and O–H groups in total. The first-order valence-corrected chi connectivity index (χ1v) is 7.78. The van der Waals surface area contributed by atoms with Gasteiger partial charge in [-0.05, 0) is 17.9 Å². The van der Waals surface area contributed by atoms with E-state index in [0.29, 0.717) is 13.1 Å². The van der Waals surface area contributed by atoms with Crippen LogP contribution in [-0.4, -0.2) is 47.1 Å². The Hall–Kier alpha value is -2.15. The standard InChI is InChI=1S/C14H17N5OS/c1-11-9-21-10-12(11)17-14(20)19-6-4-18(5-7-19)13-8-15-2-3-16-13/h2-3,8-10H,4-7H2,1H3,(H,17,20). The van der Waals surface area contributed by atoms with Crippen LogP contribution in [-0.2, 0) is 0 Å². The van der Waals surface area contributed by atoms with Crippen LogP contribution in [0.15, 0.2) is 29.4 Å². The first-order valence-electron chi connectivity index (χ1n) is 6.84. The summed E-state index contributed by atoms with van der Waals surface area (Å²) in [6, 6.07) is -0.0321. The van der Waals surface area contributed by atoms with Gasteiger partial charge in [-0.15, -0.1) is 11.3 Å². The fourth-order valence-corrected chi connectivity index (χ4v) is 3.06. The van der Waals surface area contributed by atoms with E-state index in [1.165, 1.54) is 0 Å². The van der Waals surface area contributed by atoms with Crippen LogP contribution in [0.3, 0.4) is 0 Å². The normalized spacial score (nSPS) is 15.1. The quantitative estimate of drug-likeness (QED) is 0.924. The summed E-state index contributed by atoms with van der Waals surface area (Å²) in [6.45, 7) is 4.92. The SMILES string of the molecule is Cc1cscc1NC(=O)N1CCN(c2cnccn2)CC1. The molecule has 7 heteroatoms. The number of nitrogens with one attached hydrogen (secondary N) is 1. The molecular weight excluding hydrogens is 286 g/mol. The largest absolute Gasteiger partial charge is 0.352 e. The maximum Gasteiger partial charge on any atom is 0.321 e. The zero-order chi connectivity index (χ0) is 14.7. The lowest BCUT2D eigenvalue weighted by Crippen LogP contribution is -2.50. The van der Waals surface area contributed by atoms with Gasteiger partial charge in [0.2, 0.25) is 0 Å². The predicted octanol–water partition coefficient (Wildman–Crippen LogP) is 2.20. The van der Waals surface area contributed by atoms with Crippen LogP contribution in [0.1, 0.15) is 5.56 Å². The number of anilines is 2. The monoisotopic (exact) mass is 303 g/mol. The number of urea groups is 1. The fraction of sp³-hybridized carbons (Fsp3) is 0.357. The van der Waals surface area contributed by atoms with Gasteiger partial charge < -0.3 is 15.1 Å². The van der Waals surface area contributed by atoms with Gasteiger partial charge in [0.25, 0.3) is 0 Å². The average Bonchev–Trinajstić information content (AvgIpc) is 2.93. The summed E-state index contributed by atoms with van der Waals surface area (Å²) in [5.74, 6) is 0.867. The summed E-state index contributed by atoms with van der Waals surface area (Å²) in [5.41, 5.74) is 2.01. The molecular formula is C14H17N5OS. The third-order valence-corrected chi connectivity index (χ3v) is 4.40. The molecule has 1 aliphatic heterocycles. The molecule has 1 fully saturated rings. The second kappa shape index (κ2) is 6.09. The van der Waals surface area contributed by atoms with Crippen molar-refractivity contribution >= 4 is 28.9 Å². The Balaban J connectivity index is 1.56. The Bertz CT molecular complexity index is 607. The molecule has 110 valence electrons. The van der Waals surface area contributed by atoms with E-state index >= 15 is 0 Å². The Morgan fingerprint density at radius 1 is 1.24 bits per heavy atom.